The summed E-state index contributed by atoms with van der Waals surface area (Å²) in [5.41, 5.74) is 0.0317. The minimum Gasteiger partial charge on any atom is -0.321 e. The molecule has 24 heavy (non-hydrogen) atoms. The first-order valence-corrected chi connectivity index (χ1v) is 8.42. The zero-order valence-corrected chi connectivity index (χ0v) is 13.9. The third-order valence-electron chi connectivity index (χ3n) is 3.14. The molecule has 2 aromatic heterocycles. The number of rotatable bonds is 4. The molecule has 0 saturated carbocycles. The van der Waals surface area contributed by atoms with Crippen molar-refractivity contribution in [1.82, 2.24) is 4.98 Å². The molecule has 3 rings (SSSR count). The first-order valence-electron chi connectivity index (χ1n) is 6.72. The van der Waals surface area contributed by atoms with Gasteiger partial charge in [-0.25, -0.2) is 4.98 Å². The summed E-state index contributed by atoms with van der Waals surface area (Å²) >= 11 is 2.76. The molecule has 1 amide bonds. The lowest BCUT2D eigenvalue weighted by atomic mass is 10.2. The molecular formula is C15H10FN3O3S2. The molecule has 0 fully saturated rings. The molecule has 0 unspecified atom stereocenters. The van der Waals surface area contributed by atoms with Crippen molar-refractivity contribution in [2.24, 2.45) is 0 Å². The average Bonchev–Trinajstić information content (AvgIpc) is 3.18. The van der Waals surface area contributed by atoms with E-state index in [1.165, 1.54) is 28.7 Å². The molecule has 0 atom stereocenters. The fourth-order valence-electron chi connectivity index (χ4n) is 2.03. The Labute approximate surface area is 143 Å². The van der Waals surface area contributed by atoms with Gasteiger partial charge in [0, 0.05) is 11.8 Å². The summed E-state index contributed by atoms with van der Waals surface area (Å²) in [7, 11) is 0. The first kappa shape index (κ1) is 16.2. The summed E-state index contributed by atoms with van der Waals surface area (Å²) in [6.07, 6.45) is 0. The molecule has 0 saturated heterocycles. The van der Waals surface area contributed by atoms with E-state index in [1.54, 1.807) is 6.92 Å². The first-order chi connectivity index (χ1) is 11.5. The van der Waals surface area contributed by atoms with Gasteiger partial charge >= 0.3 is 5.69 Å². The number of aryl methyl sites for hydroxylation is 1. The molecular weight excluding hydrogens is 353 g/mol. The predicted octanol–water partition coefficient (Wildman–Crippen LogP) is 4.48. The van der Waals surface area contributed by atoms with Crippen molar-refractivity contribution < 1.29 is 14.1 Å². The van der Waals surface area contributed by atoms with E-state index in [1.807, 2.05) is 17.5 Å². The molecule has 0 radical (unpaired) electrons. The summed E-state index contributed by atoms with van der Waals surface area (Å²) in [5, 5.41) is 16.0. The van der Waals surface area contributed by atoms with Crippen molar-refractivity contribution in [3.8, 4) is 9.88 Å². The number of nitrogens with zero attached hydrogens (tertiary/aromatic N) is 2. The van der Waals surface area contributed by atoms with Crippen molar-refractivity contribution in [3.05, 3.63) is 62.2 Å². The molecule has 0 aliphatic rings. The molecule has 3 aromatic rings. The lowest BCUT2D eigenvalue weighted by Crippen LogP contribution is -2.11. The molecule has 6 nitrogen and oxygen atoms in total. The summed E-state index contributed by atoms with van der Waals surface area (Å²) in [6, 6.07) is 7.02. The molecule has 2 heterocycles. The van der Waals surface area contributed by atoms with Gasteiger partial charge in [0.15, 0.2) is 0 Å². The Morgan fingerprint density at radius 2 is 2.17 bits per heavy atom. The van der Waals surface area contributed by atoms with Gasteiger partial charge in [-0.15, -0.1) is 22.7 Å². The Bertz CT molecular complexity index is 922. The van der Waals surface area contributed by atoms with Crippen LogP contribution in [0.15, 0.2) is 35.7 Å². The van der Waals surface area contributed by atoms with E-state index in [0.717, 1.165) is 22.0 Å². The number of hydrogen-bond acceptors (Lipinski definition) is 6. The Kier molecular flexibility index (Phi) is 4.36. The molecule has 1 aromatic carbocycles. The molecule has 122 valence electrons. The van der Waals surface area contributed by atoms with Crippen LogP contribution in [0.4, 0.5) is 15.8 Å². The quantitative estimate of drug-likeness (QED) is 0.547. The third-order valence-corrected chi connectivity index (χ3v) is 5.33. The predicted molar refractivity (Wildman–Crippen MR) is 91.2 cm³/mol. The number of halogens is 1. The van der Waals surface area contributed by atoms with Crippen molar-refractivity contribution in [1.29, 1.82) is 0 Å². The Hall–Kier alpha value is -2.65. The maximum absolute atomic E-state index is 13.3. The van der Waals surface area contributed by atoms with Crippen molar-refractivity contribution in [3.63, 3.8) is 0 Å². The van der Waals surface area contributed by atoms with Gasteiger partial charge in [-0.2, -0.15) is 4.39 Å². The second-order valence-corrected chi connectivity index (χ2v) is 6.74. The van der Waals surface area contributed by atoms with E-state index in [0.29, 0.717) is 10.6 Å². The summed E-state index contributed by atoms with van der Waals surface area (Å²) < 4.78 is 13.3. The van der Waals surface area contributed by atoms with Gasteiger partial charge in [0.2, 0.25) is 5.82 Å². The number of nitro groups is 1. The number of carbonyl (C=O) groups excluding carboxylic acids is 1. The standard InChI is InChI=1S/C15H10FN3O3S2/c1-8-13(24-15(17-8)12-3-2-6-23-12)14(20)18-9-4-5-10(16)11(7-9)19(21)22/h2-7H,1H3,(H,18,20). The number of hydrogen-bond donors (Lipinski definition) is 1. The number of anilines is 1. The van der Waals surface area contributed by atoms with Crippen LogP contribution in [-0.4, -0.2) is 15.8 Å². The number of benzene rings is 1. The summed E-state index contributed by atoms with van der Waals surface area (Å²) in [6.45, 7) is 1.72. The van der Waals surface area contributed by atoms with Gasteiger partial charge in [-0.3, -0.25) is 14.9 Å². The third kappa shape index (κ3) is 3.17. The summed E-state index contributed by atoms with van der Waals surface area (Å²) in [5.74, 6) is -1.39. The summed E-state index contributed by atoms with van der Waals surface area (Å²) in [4.78, 5) is 28.1. The zero-order valence-electron chi connectivity index (χ0n) is 12.3. The van der Waals surface area contributed by atoms with Crippen LogP contribution in [0.3, 0.4) is 0 Å². The number of amides is 1. The maximum atomic E-state index is 13.3. The van der Waals surface area contributed by atoms with Crippen LogP contribution in [0.2, 0.25) is 0 Å². The van der Waals surface area contributed by atoms with Crippen LogP contribution in [0.25, 0.3) is 9.88 Å². The number of thiazole rings is 1. The van der Waals surface area contributed by atoms with Gasteiger partial charge in [-0.1, -0.05) is 6.07 Å². The van der Waals surface area contributed by atoms with Crippen molar-refractivity contribution in [2.75, 3.05) is 5.32 Å². The van der Waals surface area contributed by atoms with Gasteiger partial charge in [0.25, 0.3) is 5.91 Å². The van der Waals surface area contributed by atoms with Gasteiger partial charge in [0.1, 0.15) is 9.88 Å². The Morgan fingerprint density at radius 3 is 2.83 bits per heavy atom. The minimum atomic E-state index is -0.952. The zero-order chi connectivity index (χ0) is 17.3. The number of nitrogens with one attached hydrogen (secondary N) is 1. The number of nitro benzene ring substituents is 1. The van der Waals surface area contributed by atoms with E-state index < -0.39 is 22.3 Å². The number of aromatic nitrogens is 1. The minimum absolute atomic E-state index is 0.151. The topological polar surface area (TPSA) is 85.1 Å². The Balaban J connectivity index is 1.86. The second kappa shape index (κ2) is 6.46. The fraction of sp³-hybridized carbons (Fsp3) is 0.0667. The SMILES string of the molecule is Cc1nc(-c2cccs2)sc1C(=O)Nc1ccc(F)c([N+](=O)[O-])c1. The smallest absolute Gasteiger partial charge is 0.306 e. The van der Waals surface area contributed by atoms with Gasteiger partial charge < -0.3 is 5.32 Å². The molecule has 0 bridgehead atoms. The van der Waals surface area contributed by atoms with E-state index in [2.05, 4.69) is 10.3 Å². The highest BCUT2D eigenvalue weighted by Gasteiger charge is 2.19. The van der Waals surface area contributed by atoms with Gasteiger partial charge in [-0.05, 0) is 30.5 Å². The van der Waals surface area contributed by atoms with Crippen LogP contribution >= 0.6 is 22.7 Å². The van der Waals surface area contributed by atoms with Crippen LogP contribution in [0.1, 0.15) is 15.4 Å². The number of thiophene rings is 1. The highest BCUT2D eigenvalue weighted by molar-refractivity contribution is 7.22. The highest BCUT2D eigenvalue weighted by atomic mass is 32.1. The fourth-order valence-corrected chi connectivity index (χ4v) is 3.79. The Morgan fingerprint density at radius 1 is 1.38 bits per heavy atom. The monoisotopic (exact) mass is 363 g/mol. The van der Waals surface area contributed by atoms with Crippen LogP contribution < -0.4 is 5.32 Å². The van der Waals surface area contributed by atoms with E-state index in [4.69, 9.17) is 0 Å². The van der Waals surface area contributed by atoms with Crippen molar-refractivity contribution >= 4 is 40.0 Å². The van der Waals surface area contributed by atoms with E-state index >= 15 is 0 Å². The molecule has 9 heteroatoms. The molecule has 0 spiro atoms. The van der Waals surface area contributed by atoms with Crippen molar-refractivity contribution in [2.45, 2.75) is 6.92 Å². The van der Waals surface area contributed by atoms with Crippen LogP contribution in [-0.2, 0) is 0 Å². The molecule has 0 aliphatic carbocycles. The van der Waals surface area contributed by atoms with Crippen LogP contribution in [0, 0.1) is 22.9 Å². The van der Waals surface area contributed by atoms with Gasteiger partial charge in [0.05, 0.1) is 15.5 Å². The van der Waals surface area contributed by atoms with E-state index in [-0.39, 0.29) is 5.69 Å². The molecule has 1 N–H and O–H groups in total. The largest absolute Gasteiger partial charge is 0.321 e. The maximum Gasteiger partial charge on any atom is 0.306 e. The molecule has 0 aliphatic heterocycles. The van der Waals surface area contributed by atoms with E-state index in [9.17, 15) is 19.3 Å². The van der Waals surface area contributed by atoms with Crippen LogP contribution in [0.5, 0.6) is 0 Å². The number of carbonyl (C=O) groups is 1. The normalized spacial score (nSPS) is 10.6. The lowest BCUT2D eigenvalue weighted by molar-refractivity contribution is -0.387. The second-order valence-electron chi connectivity index (χ2n) is 4.79. The highest BCUT2D eigenvalue weighted by Crippen LogP contribution is 2.31. The lowest BCUT2D eigenvalue weighted by Gasteiger charge is -2.04. The average molecular weight is 363 g/mol.